The minimum atomic E-state index is 0.0995. The van der Waals surface area contributed by atoms with Crippen LogP contribution in [0.2, 0.25) is 0 Å². The molecular weight excluding hydrogens is 184 g/mol. The predicted octanol–water partition coefficient (Wildman–Crippen LogP) is 3.90. The van der Waals surface area contributed by atoms with Crippen LogP contribution in [0.1, 0.15) is 47.5 Å². The third-order valence-corrected chi connectivity index (χ3v) is 3.97. The second-order valence-electron chi connectivity index (χ2n) is 5.11. The van der Waals surface area contributed by atoms with Crippen LogP contribution in [0.5, 0.6) is 0 Å². The Hall–Kier alpha value is -0.850. The monoisotopic (exact) mass is 206 g/mol. The Bertz CT molecular complexity index is 322. The maximum absolute atomic E-state index is 11.0. The zero-order valence-corrected chi connectivity index (χ0v) is 10.6. The van der Waals surface area contributed by atoms with Crippen molar-refractivity contribution < 1.29 is 4.79 Å². The van der Waals surface area contributed by atoms with E-state index in [0.717, 1.165) is 6.42 Å². The molecule has 0 fully saturated rings. The number of allylic oxidation sites excluding steroid dienone is 4. The summed E-state index contributed by atoms with van der Waals surface area (Å²) in [5.41, 5.74) is 3.04. The Morgan fingerprint density at radius 2 is 2.07 bits per heavy atom. The van der Waals surface area contributed by atoms with Crippen LogP contribution in [0.15, 0.2) is 23.3 Å². The van der Waals surface area contributed by atoms with Crippen LogP contribution in [0.4, 0.5) is 0 Å². The molecule has 1 heteroatoms. The Kier molecular flexibility index (Phi) is 3.54. The highest BCUT2D eigenvalue weighted by molar-refractivity contribution is 5.87. The van der Waals surface area contributed by atoms with E-state index in [9.17, 15) is 4.79 Å². The van der Waals surface area contributed by atoms with E-state index in [0.29, 0.717) is 5.92 Å². The first kappa shape index (κ1) is 12.2. The molecule has 0 saturated heterocycles. The molecule has 1 nitrogen and oxygen atoms in total. The fourth-order valence-electron chi connectivity index (χ4n) is 2.25. The summed E-state index contributed by atoms with van der Waals surface area (Å²) in [5.74, 6) is 0.837. The number of ketones is 1. The fraction of sp³-hybridized carbons (Fsp3) is 0.643. The van der Waals surface area contributed by atoms with Gasteiger partial charge in [-0.05, 0) is 45.6 Å². The summed E-state index contributed by atoms with van der Waals surface area (Å²) in [6.45, 7) is 10.6. The summed E-state index contributed by atoms with van der Waals surface area (Å²) in [5, 5.41) is 0. The first-order chi connectivity index (χ1) is 6.87. The van der Waals surface area contributed by atoms with Crippen LogP contribution in [0.25, 0.3) is 0 Å². The van der Waals surface area contributed by atoms with Gasteiger partial charge in [-0.1, -0.05) is 31.1 Å². The summed E-state index contributed by atoms with van der Waals surface area (Å²) in [4.78, 5) is 11.0. The number of carbonyl (C=O) groups is 1. The van der Waals surface area contributed by atoms with Crippen molar-refractivity contribution >= 4 is 5.78 Å². The number of carbonyl (C=O) groups excluding carboxylic acids is 1. The number of hydrogen-bond acceptors (Lipinski definition) is 1. The minimum absolute atomic E-state index is 0.0995. The van der Waals surface area contributed by atoms with Crippen LogP contribution in [-0.2, 0) is 4.79 Å². The Morgan fingerprint density at radius 3 is 2.60 bits per heavy atom. The quantitative estimate of drug-likeness (QED) is 0.494. The minimum Gasteiger partial charge on any atom is -0.295 e. The molecule has 0 aromatic rings. The Labute approximate surface area is 93.3 Å². The lowest BCUT2D eigenvalue weighted by atomic mass is 9.68. The van der Waals surface area contributed by atoms with E-state index in [1.54, 1.807) is 13.0 Å². The molecule has 2 unspecified atom stereocenters. The normalized spacial score (nSPS) is 32.5. The van der Waals surface area contributed by atoms with E-state index in [2.05, 4.69) is 33.8 Å². The van der Waals surface area contributed by atoms with Gasteiger partial charge in [0, 0.05) is 5.41 Å². The average molecular weight is 206 g/mol. The molecule has 0 amide bonds. The van der Waals surface area contributed by atoms with Crippen molar-refractivity contribution in [3.8, 4) is 0 Å². The van der Waals surface area contributed by atoms with Gasteiger partial charge in [-0.25, -0.2) is 0 Å². The zero-order valence-electron chi connectivity index (χ0n) is 10.6. The molecule has 0 radical (unpaired) electrons. The molecule has 0 aromatic carbocycles. The number of hydrogen-bond donors (Lipinski definition) is 0. The van der Waals surface area contributed by atoms with Crippen LogP contribution in [0.3, 0.4) is 0 Å². The molecule has 0 aromatic heterocycles. The molecule has 0 spiro atoms. The van der Waals surface area contributed by atoms with Gasteiger partial charge in [0.15, 0.2) is 5.78 Å². The van der Waals surface area contributed by atoms with Crippen LogP contribution >= 0.6 is 0 Å². The summed E-state index contributed by atoms with van der Waals surface area (Å²) in [6, 6.07) is 0. The third-order valence-electron chi connectivity index (χ3n) is 3.97. The summed E-state index contributed by atoms with van der Waals surface area (Å²) < 4.78 is 0. The molecule has 0 aliphatic heterocycles. The lowest BCUT2D eigenvalue weighted by Crippen LogP contribution is -2.24. The molecule has 1 aliphatic carbocycles. The SMILES string of the molecule is CC(=O)/C=C/C1(C)CCC(C)C(C)=C1C. The maximum Gasteiger partial charge on any atom is 0.152 e. The predicted molar refractivity (Wildman–Crippen MR) is 64.7 cm³/mol. The summed E-state index contributed by atoms with van der Waals surface area (Å²) in [7, 11) is 0. The number of rotatable bonds is 2. The van der Waals surface area contributed by atoms with Crippen molar-refractivity contribution in [3.05, 3.63) is 23.3 Å². The van der Waals surface area contributed by atoms with Crippen LogP contribution in [0, 0.1) is 11.3 Å². The largest absolute Gasteiger partial charge is 0.295 e. The van der Waals surface area contributed by atoms with E-state index < -0.39 is 0 Å². The maximum atomic E-state index is 11.0. The van der Waals surface area contributed by atoms with Gasteiger partial charge in [0.05, 0.1) is 0 Å². The van der Waals surface area contributed by atoms with Crippen molar-refractivity contribution in [2.45, 2.75) is 47.5 Å². The van der Waals surface area contributed by atoms with Crippen molar-refractivity contribution in [2.75, 3.05) is 0 Å². The molecular formula is C14H22O. The lowest BCUT2D eigenvalue weighted by molar-refractivity contribution is -0.112. The van der Waals surface area contributed by atoms with Crippen molar-refractivity contribution in [3.63, 3.8) is 0 Å². The average Bonchev–Trinajstić information content (AvgIpc) is 2.19. The van der Waals surface area contributed by atoms with Gasteiger partial charge in [-0.15, -0.1) is 0 Å². The van der Waals surface area contributed by atoms with Gasteiger partial charge >= 0.3 is 0 Å². The van der Waals surface area contributed by atoms with E-state index in [-0.39, 0.29) is 11.2 Å². The van der Waals surface area contributed by atoms with Gasteiger partial charge < -0.3 is 0 Å². The van der Waals surface area contributed by atoms with Crippen molar-refractivity contribution in [1.82, 2.24) is 0 Å². The van der Waals surface area contributed by atoms with Gasteiger partial charge in [0.2, 0.25) is 0 Å². The standard InChI is InChI=1S/C14H22O/c1-10-6-8-14(5,9-7-11(2)15)13(4)12(10)3/h7,9-10H,6,8H2,1-5H3/b9-7+. The van der Waals surface area contributed by atoms with Gasteiger partial charge in [0.1, 0.15) is 0 Å². The molecule has 0 bridgehead atoms. The highest BCUT2D eigenvalue weighted by atomic mass is 16.1. The molecule has 0 saturated carbocycles. The lowest BCUT2D eigenvalue weighted by Gasteiger charge is -2.36. The Balaban J connectivity index is 3.00. The second kappa shape index (κ2) is 4.34. The van der Waals surface area contributed by atoms with Gasteiger partial charge in [-0.2, -0.15) is 0 Å². The first-order valence-corrected chi connectivity index (χ1v) is 5.74. The van der Waals surface area contributed by atoms with E-state index >= 15 is 0 Å². The molecule has 84 valence electrons. The molecule has 1 aliphatic rings. The Morgan fingerprint density at radius 1 is 1.47 bits per heavy atom. The van der Waals surface area contributed by atoms with Crippen molar-refractivity contribution in [1.29, 1.82) is 0 Å². The summed E-state index contributed by atoms with van der Waals surface area (Å²) >= 11 is 0. The zero-order chi connectivity index (χ0) is 11.6. The summed E-state index contributed by atoms with van der Waals surface area (Å²) in [6.07, 6.45) is 6.18. The van der Waals surface area contributed by atoms with E-state index in [1.807, 2.05) is 0 Å². The second-order valence-corrected chi connectivity index (χ2v) is 5.11. The fourth-order valence-corrected chi connectivity index (χ4v) is 2.25. The third kappa shape index (κ3) is 2.58. The molecule has 0 heterocycles. The van der Waals surface area contributed by atoms with Crippen LogP contribution < -0.4 is 0 Å². The molecule has 15 heavy (non-hydrogen) atoms. The highest BCUT2D eigenvalue weighted by Crippen LogP contribution is 2.43. The topological polar surface area (TPSA) is 17.1 Å². The van der Waals surface area contributed by atoms with Crippen LogP contribution in [-0.4, -0.2) is 5.78 Å². The van der Waals surface area contributed by atoms with Gasteiger partial charge in [0.25, 0.3) is 0 Å². The van der Waals surface area contributed by atoms with E-state index in [4.69, 9.17) is 0 Å². The van der Waals surface area contributed by atoms with Gasteiger partial charge in [-0.3, -0.25) is 4.79 Å². The van der Waals surface area contributed by atoms with Crippen molar-refractivity contribution in [2.24, 2.45) is 11.3 Å². The van der Waals surface area contributed by atoms with E-state index in [1.165, 1.54) is 17.6 Å². The highest BCUT2D eigenvalue weighted by Gasteiger charge is 2.30. The molecule has 2 atom stereocenters. The molecule has 0 N–H and O–H groups in total. The smallest absolute Gasteiger partial charge is 0.152 e. The first-order valence-electron chi connectivity index (χ1n) is 5.74. The molecule has 1 rings (SSSR count).